The van der Waals surface area contributed by atoms with Crippen molar-refractivity contribution in [1.82, 2.24) is 0 Å². The van der Waals surface area contributed by atoms with Gasteiger partial charge in [0.15, 0.2) is 5.25 Å². The summed E-state index contributed by atoms with van der Waals surface area (Å²) < 4.78 is 11.7. The Bertz CT molecular complexity index is 442. The minimum absolute atomic E-state index is 0.0538. The lowest BCUT2D eigenvalue weighted by Crippen LogP contribution is -2.10. The van der Waals surface area contributed by atoms with E-state index >= 15 is 0 Å². The number of rotatable bonds is 4. The van der Waals surface area contributed by atoms with Crippen LogP contribution in [0.25, 0.3) is 0 Å². The summed E-state index contributed by atoms with van der Waals surface area (Å²) in [6, 6.07) is 20.0. The molecule has 0 aromatic heterocycles. The molecule has 0 bridgehead atoms. The minimum Gasteiger partial charge on any atom is -0.605 e. The van der Waals surface area contributed by atoms with Gasteiger partial charge >= 0.3 is 0 Å². The third-order valence-corrected chi connectivity index (χ3v) is 4.37. The van der Waals surface area contributed by atoms with Crippen LogP contribution < -0.4 is 0 Å². The lowest BCUT2D eigenvalue weighted by atomic mass is 10.0. The summed E-state index contributed by atoms with van der Waals surface area (Å²) in [5.41, 5.74) is 2.26. The molecule has 0 saturated heterocycles. The SMILES string of the molecule is [O-][S+](S)[C@@H](Cc1ccccc1)c1ccccc1. The summed E-state index contributed by atoms with van der Waals surface area (Å²) in [5, 5.41) is -0.0538. The van der Waals surface area contributed by atoms with Gasteiger partial charge in [-0.25, -0.2) is 0 Å². The molecule has 0 aliphatic heterocycles. The van der Waals surface area contributed by atoms with Crippen molar-refractivity contribution in [2.75, 3.05) is 0 Å². The lowest BCUT2D eigenvalue weighted by Gasteiger charge is -2.17. The highest BCUT2D eigenvalue weighted by atomic mass is 33.1. The van der Waals surface area contributed by atoms with Gasteiger partial charge in [0.2, 0.25) is 0 Å². The average molecular weight is 262 g/mol. The molecule has 88 valence electrons. The van der Waals surface area contributed by atoms with Crippen LogP contribution in [-0.4, -0.2) is 4.55 Å². The Hall–Kier alpha value is -0.900. The molecule has 0 saturated carbocycles. The van der Waals surface area contributed by atoms with Gasteiger partial charge in [0.05, 0.1) is 11.7 Å². The number of thiol groups is 1. The Balaban J connectivity index is 2.20. The van der Waals surface area contributed by atoms with Gasteiger partial charge in [-0.1, -0.05) is 60.7 Å². The Labute approximate surface area is 110 Å². The second-order valence-corrected chi connectivity index (χ2v) is 6.07. The molecule has 0 aliphatic rings. The highest BCUT2D eigenvalue weighted by Gasteiger charge is 2.22. The molecule has 0 radical (unpaired) electrons. The molecule has 2 atom stereocenters. The Morgan fingerprint density at radius 1 is 0.941 bits per heavy atom. The molecular formula is C14H14OS2. The molecule has 0 heterocycles. The summed E-state index contributed by atoms with van der Waals surface area (Å²) in [5.74, 6) is 0. The number of hydrogen-bond acceptors (Lipinski definition) is 2. The van der Waals surface area contributed by atoms with Gasteiger partial charge < -0.3 is 4.55 Å². The van der Waals surface area contributed by atoms with Crippen LogP contribution in [0.2, 0.25) is 0 Å². The topological polar surface area (TPSA) is 23.1 Å². The highest BCUT2D eigenvalue weighted by molar-refractivity contribution is 8.63. The molecule has 2 aromatic carbocycles. The molecule has 2 aromatic rings. The third kappa shape index (κ3) is 3.53. The monoisotopic (exact) mass is 262 g/mol. The quantitative estimate of drug-likeness (QED) is 0.508. The zero-order valence-corrected chi connectivity index (χ0v) is 11.0. The average Bonchev–Trinajstić information content (AvgIpc) is 2.38. The van der Waals surface area contributed by atoms with Gasteiger partial charge in [0.1, 0.15) is 0 Å². The van der Waals surface area contributed by atoms with E-state index in [1.54, 1.807) is 0 Å². The first kappa shape index (κ1) is 12.6. The first-order valence-electron chi connectivity index (χ1n) is 5.46. The van der Waals surface area contributed by atoms with E-state index in [2.05, 4.69) is 23.8 Å². The first-order chi connectivity index (χ1) is 8.27. The van der Waals surface area contributed by atoms with Crippen molar-refractivity contribution >= 4 is 21.9 Å². The predicted octanol–water partition coefficient (Wildman–Crippen LogP) is 3.56. The van der Waals surface area contributed by atoms with Crippen LogP contribution >= 0.6 is 11.7 Å². The van der Waals surface area contributed by atoms with Crippen molar-refractivity contribution in [2.45, 2.75) is 11.7 Å². The Kier molecular flexibility index (Phi) is 4.54. The molecule has 1 nitrogen and oxygen atoms in total. The van der Waals surface area contributed by atoms with Gasteiger partial charge in [0, 0.05) is 22.2 Å². The van der Waals surface area contributed by atoms with Crippen LogP contribution in [0.4, 0.5) is 0 Å². The highest BCUT2D eigenvalue weighted by Crippen LogP contribution is 2.28. The van der Waals surface area contributed by atoms with Crippen LogP contribution in [0.3, 0.4) is 0 Å². The number of benzene rings is 2. The lowest BCUT2D eigenvalue weighted by molar-refractivity contribution is 0.596. The van der Waals surface area contributed by atoms with E-state index in [0.717, 1.165) is 12.0 Å². The molecule has 17 heavy (non-hydrogen) atoms. The Morgan fingerprint density at radius 2 is 1.47 bits per heavy atom. The summed E-state index contributed by atoms with van der Waals surface area (Å²) in [4.78, 5) is 0. The molecule has 0 fully saturated rings. The van der Waals surface area contributed by atoms with Gasteiger partial charge in [0.25, 0.3) is 0 Å². The number of hydrogen-bond donors (Lipinski definition) is 1. The van der Waals surface area contributed by atoms with Crippen LogP contribution in [0, 0.1) is 0 Å². The summed E-state index contributed by atoms with van der Waals surface area (Å²) >= 11 is 4.11. The molecule has 0 aliphatic carbocycles. The Morgan fingerprint density at radius 3 is 2.00 bits per heavy atom. The maximum atomic E-state index is 11.7. The van der Waals surface area contributed by atoms with Gasteiger partial charge in [-0.2, -0.15) is 0 Å². The van der Waals surface area contributed by atoms with Gasteiger partial charge in [-0.15, -0.1) is 0 Å². The van der Waals surface area contributed by atoms with E-state index in [0.29, 0.717) is 0 Å². The van der Waals surface area contributed by atoms with Crippen LogP contribution in [0.1, 0.15) is 16.4 Å². The molecule has 1 unspecified atom stereocenters. The van der Waals surface area contributed by atoms with E-state index in [-0.39, 0.29) is 5.25 Å². The normalized spacial score (nSPS) is 14.2. The second kappa shape index (κ2) is 6.15. The fourth-order valence-electron chi connectivity index (χ4n) is 1.80. The van der Waals surface area contributed by atoms with E-state index in [1.165, 1.54) is 5.56 Å². The van der Waals surface area contributed by atoms with Crippen molar-refractivity contribution in [3.63, 3.8) is 0 Å². The van der Waals surface area contributed by atoms with Gasteiger partial charge in [-0.3, -0.25) is 0 Å². The van der Waals surface area contributed by atoms with Crippen molar-refractivity contribution in [1.29, 1.82) is 0 Å². The summed E-state index contributed by atoms with van der Waals surface area (Å²) in [6.07, 6.45) is 0.751. The predicted molar refractivity (Wildman–Crippen MR) is 76.5 cm³/mol. The first-order valence-corrected chi connectivity index (χ1v) is 7.72. The zero-order valence-electron chi connectivity index (χ0n) is 9.32. The molecule has 0 N–H and O–H groups in total. The summed E-state index contributed by atoms with van der Waals surface area (Å²) in [7, 11) is -1.16. The van der Waals surface area contributed by atoms with Crippen LogP contribution in [0.5, 0.6) is 0 Å². The van der Waals surface area contributed by atoms with Crippen LogP contribution in [0.15, 0.2) is 60.7 Å². The van der Waals surface area contributed by atoms with E-state index in [9.17, 15) is 4.55 Å². The maximum absolute atomic E-state index is 11.7. The van der Waals surface area contributed by atoms with E-state index < -0.39 is 10.2 Å². The van der Waals surface area contributed by atoms with E-state index in [1.807, 2.05) is 48.5 Å². The molecular weight excluding hydrogens is 248 g/mol. The third-order valence-electron chi connectivity index (χ3n) is 2.68. The largest absolute Gasteiger partial charge is 0.605 e. The molecule has 0 amide bonds. The summed E-state index contributed by atoms with van der Waals surface area (Å²) in [6.45, 7) is 0. The van der Waals surface area contributed by atoms with Crippen molar-refractivity contribution in [3.8, 4) is 0 Å². The van der Waals surface area contributed by atoms with Crippen LogP contribution in [-0.2, 0) is 16.6 Å². The molecule has 3 heteroatoms. The maximum Gasteiger partial charge on any atom is 0.156 e. The minimum atomic E-state index is -1.16. The van der Waals surface area contributed by atoms with Gasteiger partial charge in [-0.05, 0) is 5.56 Å². The molecule has 0 spiro atoms. The van der Waals surface area contributed by atoms with Crippen molar-refractivity contribution in [3.05, 3.63) is 71.8 Å². The molecule has 2 rings (SSSR count). The smallest absolute Gasteiger partial charge is 0.156 e. The second-order valence-electron chi connectivity index (χ2n) is 3.87. The fraction of sp³-hybridized carbons (Fsp3) is 0.143. The van der Waals surface area contributed by atoms with E-state index in [4.69, 9.17) is 0 Å². The standard InChI is InChI=1S/C14H14OS2/c15-17(16)14(13-9-5-2-6-10-13)11-12-7-3-1-4-8-12/h1-10,14H,11H2,(H,15,16)/t14-,17?/m0/s1. The zero-order chi connectivity index (χ0) is 12.1. The van der Waals surface area contributed by atoms with Crippen molar-refractivity contribution in [2.24, 2.45) is 0 Å². The fourth-order valence-corrected chi connectivity index (χ4v) is 3.12. The van der Waals surface area contributed by atoms with Crippen molar-refractivity contribution < 1.29 is 4.55 Å².